The van der Waals surface area contributed by atoms with Crippen LogP contribution in [-0.4, -0.2) is 32.7 Å². The summed E-state index contributed by atoms with van der Waals surface area (Å²) in [6.45, 7) is 6.05. The maximum atomic E-state index is 11.9. The molecule has 0 unspecified atom stereocenters. The minimum atomic E-state index is -0.145. The zero-order chi connectivity index (χ0) is 12.3. The fourth-order valence-electron chi connectivity index (χ4n) is 1.24. The van der Waals surface area contributed by atoms with E-state index in [0.717, 1.165) is 5.57 Å². The van der Waals surface area contributed by atoms with Crippen LogP contribution in [0.15, 0.2) is 29.9 Å². The molecule has 2 heterocycles. The predicted molar refractivity (Wildman–Crippen MR) is 64.2 cm³/mol. The number of thiophene rings is 1. The number of nitrogens with one attached hydrogen (secondary N) is 1. The summed E-state index contributed by atoms with van der Waals surface area (Å²) in [6.07, 6.45) is 1.46. The number of tetrazole rings is 1. The summed E-state index contributed by atoms with van der Waals surface area (Å²) in [5.74, 6) is -0.145. The van der Waals surface area contributed by atoms with Gasteiger partial charge in [0.2, 0.25) is 0 Å². The standard InChI is InChI=1S/C10H11N5OS/c1-7(2)5-11-10(16)9-8(3-4-17-9)15-6-12-13-14-15/h3-4,6H,1,5H2,2H3,(H,11,16). The van der Waals surface area contributed by atoms with Crippen molar-refractivity contribution in [1.29, 1.82) is 0 Å². The molecule has 0 atom stereocenters. The second-order valence-electron chi connectivity index (χ2n) is 3.53. The zero-order valence-electron chi connectivity index (χ0n) is 9.25. The van der Waals surface area contributed by atoms with Gasteiger partial charge in [0.1, 0.15) is 11.2 Å². The molecular formula is C10H11N5OS. The van der Waals surface area contributed by atoms with Gasteiger partial charge in [-0.1, -0.05) is 12.2 Å². The highest BCUT2D eigenvalue weighted by Crippen LogP contribution is 2.19. The smallest absolute Gasteiger partial charge is 0.263 e. The monoisotopic (exact) mass is 249 g/mol. The number of hydrogen-bond donors (Lipinski definition) is 1. The number of rotatable bonds is 4. The fraction of sp³-hybridized carbons (Fsp3) is 0.200. The van der Waals surface area contributed by atoms with Gasteiger partial charge in [0.05, 0.1) is 5.69 Å². The van der Waals surface area contributed by atoms with E-state index in [2.05, 4.69) is 27.4 Å². The highest BCUT2D eigenvalue weighted by molar-refractivity contribution is 7.12. The van der Waals surface area contributed by atoms with Crippen LogP contribution in [0.2, 0.25) is 0 Å². The topological polar surface area (TPSA) is 72.7 Å². The second kappa shape index (κ2) is 4.88. The summed E-state index contributed by atoms with van der Waals surface area (Å²) in [7, 11) is 0. The van der Waals surface area contributed by atoms with E-state index in [9.17, 15) is 4.79 Å². The van der Waals surface area contributed by atoms with E-state index >= 15 is 0 Å². The molecule has 6 nitrogen and oxygen atoms in total. The minimum Gasteiger partial charge on any atom is -0.348 e. The van der Waals surface area contributed by atoms with Crippen LogP contribution in [0.5, 0.6) is 0 Å². The van der Waals surface area contributed by atoms with Gasteiger partial charge in [0.25, 0.3) is 5.91 Å². The molecule has 0 aliphatic rings. The molecule has 0 spiro atoms. The van der Waals surface area contributed by atoms with Gasteiger partial charge in [-0.15, -0.1) is 16.4 Å². The maximum Gasteiger partial charge on any atom is 0.263 e. The second-order valence-corrected chi connectivity index (χ2v) is 4.45. The molecule has 0 aliphatic carbocycles. The van der Waals surface area contributed by atoms with Crippen LogP contribution in [0.4, 0.5) is 0 Å². The van der Waals surface area contributed by atoms with Gasteiger partial charge in [-0.05, 0) is 28.8 Å². The van der Waals surface area contributed by atoms with Crippen molar-refractivity contribution >= 4 is 17.2 Å². The average Bonchev–Trinajstić information content (AvgIpc) is 2.94. The molecule has 17 heavy (non-hydrogen) atoms. The lowest BCUT2D eigenvalue weighted by Gasteiger charge is -2.04. The lowest BCUT2D eigenvalue weighted by Crippen LogP contribution is -2.25. The summed E-state index contributed by atoms with van der Waals surface area (Å²) in [5.41, 5.74) is 1.58. The predicted octanol–water partition coefficient (Wildman–Crippen LogP) is 1.03. The Morgan fingerprint density at radius 1 is 1.65 bits per heavy atom. The third-order valence-electron chi connectivity index (χ3n) is 2.00. The van der Waals surface area contributed by atoms with E-state index in [4.69, 9.17) is 0 Å². The van der Waals surface area contributed by atoms with Crippen molar-refractivity contribution in [3.05, 3.63) is 34.8 Å². The Kier molecular flexibility index (Phi) is 3.29. The summed E-state index contributed by atoms with van der Waals surface area (Å²) < 4.78 is 1.46. The highest BCUT2D eigenvalue weighted by atomic mass is 32.1. The van der Waals surface area contributed by atoms with Crippen LogP contribution in [0.3, 0.4) is 0 Å². The normalized spacial score (nSPS) is 10.2. The fourth-order valence-corrected chi connectivity index (χ4v) is 2.03. The van der Waals surface area contributed by atoms with E-state index in [0.29, 0.717) is 17.1 Å². The molecule has 0 aromatic carbocycles. The summed E-state index contributed by atoms with van der Waals surface area (Å²) in [5, 5.41) is 15.5. The van der Waals surface area contributed by atoms with Gasteiger partial charge in [0.15, 0.2) is 0 Å². The van der Waals surface area contributed by atoms with Crippen molar-refractivity contribution in [2.24, 2.45) is 0 Å². The zero-order valence-corrected chi connectivity index (χ0v) is 10.1. The van der Waals surface area contributed by atoms with Crippen LogP contribution in [0, 0.1) is 0 Å². The van der Waals surface area contributed by atoms with Gasteiger partial charge in [-0.25, -0.2) is 0 Å². The van der Waals surface area contributed by atoms with Gasteiger partial charge < -0.3 is 5.32 Å². The maximum absolute atomic E-state index is 11.9. The lowest BCUT2D eigenvalue weighted by molar-refractivity contribution is 0.0961. The van der Waals surface area contributed by atoms with E-state index in [1.54, 1.807) is 6.07 Å². The van der Waals surface area contributed by atoms with Crippen LogP contribution in [-0.2, 0) is 0 Å². The van der Waals surface area contributed by atoms with E-state index in [1.165, 1.54) is 22.3 Å². The molecule has 1 N–H and O–H groups in total. The summed E-state index contributed by atoms with van der Waals surface area (Å²) >= 11 is 1.35. The Hall–Kier alpha value is -2.02. The molecule has 2 aromatic heterocycles. The summed E-state index contributed by atoms with van der Waals surface area (Å²) in [6, 6.07) is 1.80. The van der Waals surface area contributed by atoms with Gasteiger partial charge in [0, 0.05) is 6.54 Å². The van der Waals surface area contributed by atoms with Crippen LogP contribution in [0.1, 0.15) is 16.6 Å². The Morgan fingerprint density at radius 3 is 3.12 bits per heavy atom. The van der Waals surface area contributed by atoms with Crippen molar-refractivity contribution in [1.82, 2.24) is 25.5 Å². The van der Waals surface area contributed by atoms with Gasteiger partial charge in [-0.2, -0.15) is 4.68 Å². The number of amides is 1. The first kappa shape index (κ1) is 11.5. The first-order valence-electron chi connectivity index (χ1n) is 4.92. The summed E-state index contributed by atoms with van der Waals surface area (Å²) in [4.78, 5) is 12.5. The van der Waals surface area contributed by atoms with Crippen LogP contribution in [0.25, 0.3) is 5.69 Å². The van der Waals surface area contributed by atoms with Gasteiger partial charge >= 0.3 is 0 Å². The minimum absolute atomic E-state index is 0.145. The molecule has 0 saturated heterocycles. The Balaban J connectivity index is 2.19. The van der Waals surface area contributed by atoms with Crippen molar-refractivity contribution in [2.75, 3.05) is 6.54 Å². The number of nitrogens with zero attached hydrogens (tertiary/aromatic N) is 4. The Morgan fingerprint density at radius 2 is 2.47 bits per heavy atom. The lowest BCUT2D eigenvalue weighted by atomic mass is 10.3. The average molecular weight is 249 g/mol. The van der Waals surface area contributed by atoms with Crippen LogP contribution < -0.4 is 5.32 Å². The largest absolute Gasteiger partial charge is 0.348 e. The number of hydrogen-bond acceptors (Lipinski definition) is 5. The SMILES string of the molecule is C=C(C)CNC(=O)c1sccc1-n1cnnn1. The molecule has 2 rings (SSSR count). The van der Waals surface area contributed by atoms with E-state index in [1.807, 2.05) is 12.3 Å². The van der Waals surface area contributed by atoms with Crippen molar-refractivity contribution in [2.45, 2.75) is 6.92 Å². The molecule has 7 heteroatoms. The Labute approximate surface area is 102 Å². The van der Waals surface area contributed by atoms with Crippen molar-refractivity contribution in [3.8, 4) is 5.69 Å². The van der Waals surface area contributed by atoms with Crippen molar-refractivity contribution in [3.63, 3.8) is 0 Å². The molecule has 0 radical (unpaired) electrons. The number of carbonyl (C=O) groups excluding carboxylic acids is 1. The molecule has 2 aromatic rings. The third-order valence-corrected chi connectivity index (χ3v) is 2.90. The molecule has 88 valence electrons. The quantitative estimate of drug-likeness (QED) is 0.821. The highest BCUT2D eigenvalue weighted by Gasteiger charge is 2.14. The van der Waals surface area contributed by atoms with E-state index < -0.39 is 0 Å². The van der Waals surface area contributed by atoms with Crippen LogP contribution >= 0.6 is 11.3 Å². The van der Waals surface area contributed by atoms with Crippen molar-refractivity contribution < 1.29 is 4.79 Å². The number of aromatic nitrogens is 4. The molecule has 0 bridgehead atoms. The molecular weight excluding hydrogens is 238 g/mol. The molecule has 0 aliphatic heterocycles. The first-order valence-corrected chi connectivity index (χ1v) is 5.80. The van der Waals surface area contributed by atoms with Gasteiger partial charge in [-0.3, -0.25) is 4.79 Å². The van der Waals surface area contributed by atoms with E-state index in [-0.39, 0.29) is 5.91 Å². The molecule has 1 amide bonds. The Bertz CT molecular complexity index is 531. The molecule has 0 fully saturated rings. The third kappa shape index (κ3) is 2.56. The first-order chi connectivity index (χ1) is 8.18. The molecule has 0 saturated carbocycles. The number of carbonyl (C=O) groups is 1.